The van der Waals surface area contributed by atoms with Gasteiger partial charge in [0.05, 0.1) is 19.9 Å². The van der Waals surface area contributed by atoms with E-state index in [0.29, 0.717) is 29.7 Å². The molecule has 8 heteroatoms. The molecule has 0 saturated heterocycles. The first-order chi connectivity index (χ1) is 12.1. The summed E-state index contributed by atoms with van der Waals surface area (Å²) in [7, 11) is 1.57. The highest BCUT2D eigenvalue weighted by molar-refractivity contribution is 5.90. The molecule has 0 radical (unpaired) electrons. The lowest BCUT2D eigenvalue weighted by molar-refractivity contribution is -0.120. The number of carbonyl (C=O) groups is 1. The molecule has 0 aliphatic heterocycles. The highest BCUT2D eigenvalue weighted by Crippen LogP contribution is 2.27. The molecule has 0 bridgehead atoms. The molecule has 0 unspecified atom stereocenters. The molecule has 0 fully saturated rings. The lowest BCUT2D eigenvalue weighted by Crippen LogP contribution is -2.17. The van der Waals surface area contributed by atoms with Crippen molar-refractivity contribution in [1.82, 2.24) is 5.16 Å². The van der Waals surface area contributed by atoms with E-state index in [4.69, 9.17) is 18.8 Å². The average molecular weight is 347 g/mol. The van der Waals surface area contributed by atoms with E-state index in [1.165, 1.54) is 6.21 Å². The number of ether oxygens (including phenoxy) is 2. The molecular weight excluding hydrogens is 326 g/mol. The van der Waals surface area contributed by atoms with Gasteiger partial charge in [-0.15, -0.1) is 0 Å². The van der Waals surface area contributed by atoms with Crippen molar-refractivity contribution < 1.29 is 23.6 Å². The summed E-state index contributed by atoms with van der Waals surface area (Å²) in [4.78, 5) is 16.6. The van der Waals surface area contributed by atoms with Crippen molar-refractivity contribution in [3.63, 3.8) is 0 Å². The van der Waals surface area contributed by atoms with Crippen LogP contribution in [0.15, 0.2) is 33.9 Å². The first kappa shape index (κ1) is 18.3. The number of nitrogens with one attached hydrogen (secondary N) is 1. The third-order valence-corrected chi connectivity index (χ3v) is 3.02. The second kappa shape index (κ2) is 9.31. The molecule has 0 aliphatic rings. The van der Waals surface area contributed by atoms with Crippen molar-refractivity contribution in [2.45, 2.75) is 20.3 Å². The molecule has 1 N–H and O–H groups in total. The van der Waals surface area contributed by atoms with Crippen LogP contribution in [0, 0.1) is 6.92 Å². The van der Waals surface area contributed by atoms with Crippen LogP contribution >= 0.6 is 0 Å². The molecule has 1 amide bonds. The van der Waals surface area contributed by atoms with Crippen LogP contribution in [0.1, 0.15) is 24.7 Å². The van der Waals surface area contributed by atoms with Crippen LogP contribution in [-0.4, -0.2) is 37.6 Å². The molecule has 2 rings (SSSR count). The molecule has 134 valence electrons. The Kier molecular flexibility index (Phi) is 6.82. The summed E-state index contributed by atoms with van der Waals surface area (Å²) < 4.78 is 15.7. The van der Waals surface area contributed by atoms with Gasteiger partial charge in [-0.3, -0.25) is 4.79 Å². The molecular formula is C17H21N3O5. The number of hydrogen-bond donors (Lipinski definition) is 1. The number of nitrogens with zero attached hydrogens (tertiary/aromatic N) is 2. The Morgan fingerprint density at radius 3 is 2.88 bits per heavy atom. The number of amides is 1. The minimum absolute atomic E-state index is 0.239. The van der Waals surface area contributed by atoms with E-state index in [9.17, 15) is 4.79 Å². The Labute approximate surface area is 145 Å². The molecule has 0 spiro atoms. The van der Waals surface area contributed by atoms with Gasteiger partial charge in [0, 0.05) is 11.6 Å². The van der Waals surface area contributed by atoms with E-state index < -0.39 is 0 Å². The van der Waals surface area contributed by atoms with Gasteiger partial charge in [-0.1, -0.05) is 17.2 Å². The second-order valence-electron chi connectivity index (χ2n) is 5.14. The minimum atomic E-state index is -0.383. The maximum atomic E-state index is 11.7. The van der Waals surface area contributed by atoms with Crippen molar-refractivity contribution in [2.24, 2.45) is 5.16 Å². The quantitative estimate of drug-likeness (QED) is 0.553. The molecule has 2 aromatic rings. The van der Waals surface area contributed by atoms with Crippen molar-refractivity contribution in [2.75, 3.05) is 25.6 Å². The van der Waals surface area contributed by atoms with Crippen LogP contribution in [0.3, 0.4) is 0 Å². The number of anilines is 1. The Hall–Kier alpha value is -3.03. The first-order valence-corrected chi connectivity index (χ1v) is 7.81. The molecule has 1 aromatic carbocycles. The highest BCUT2D eigenvalue weighted by Gasteiger charge is 2.07. The number of carbonyl (C=O) groups excluding carboxylic acids is 1. The van der Waals surface area contributed by atoms with Crippen molar-refractivity contribution >= 4 is 17.9 Å². The number of hydrogen-bond acceptors (Lipinski definition) is 7. The number of oxime groups is 1. The predicted octanol–water partition coefficient (Wildman–Crippen LogP) is 2.77. The third kappa shape index (κ3) is 5.83. The van der Waals surface area contributed by atoms with Gasteiger partial charge in [-0.25, -0.2) is 0 Å². The number of benzene rings is 1. The molecule has 0 atom stereocenters. The Morgan fingerprint density at radius 2 is 2.20 bits per heavy atom. The fourth-order valence-corrected chi connectivity index (χ4v) is 1.89. The first-order valence-electron chi connectivity index (χ1n) is 7.81. The van der Waals surface area contributed by atoms with Gasteiger partial charge >= 0.3 is 0 Å². The minimum Gasteiger partial charge on any atom is -0.493 e. The lowest BCUT2D eigenvalue weighted by Gasteiger charge is -2.10. The van der Waals surface area contributed by atoms with Gasteiger partial charge in [0.25, 0.3) is 5.91 Å². The zero-order valence-electron chi connectivity index (χ0n) is 14.4. The smallest absolute Gasteiger partial charge is 0.266 e. The zero-order chi connectivity index (χ0) is 18.1. The maximum absolute atomic E-state index is 11.7. The standard InChI is InChI=1S/C17H21N3O5/c1-4-7-23-14-6-5-13(9-15(14)22-3)10-18-24-11-17(21)19-16-8-12(2)25-20-16/h5-6,8-10H,4,7,11H2,1-3H3,(H,19,20,21)/b18-10-. The largest absolute Gasteiger partial charge is 0.493 e. The van der Waals surface area contributed by atoms with Crippen LogP contribution in [0.5, 0.6) is 11.5 Å². The summed E-state index contributed by atoms with van der Waals surface area (Å²) >= 11 is 0. The Bertz CT molecular complexity index is 727. The Morgan fingerprint density at radius 1 is 1.36 bits per heavy atom. The van der Waals surface area contributed by atoms with E-state index >= 15 is 0 Å². The van der Waals surface area contributed by atoms with Crippen molar-refractivity contribution in [3.05, 3.63) is 35.6 Å². The van der Waals surface area contributed by atoms with Gasteiger partial charge in [0.2, 0.25) is 0 Å². The zero-order valence-corrected chi connectivity index (χ0v) is 14.4. The van der Waals surface area contributed by atoms with Crippen LogP contribution in [-0.2, 0) is 9.63 Å². The van der Waals surface area contributed by atoms with E-state index in [1.54, 1.807) is 32.2 Å². The van der Waals surface area contributed by atoms with E-state index in [2.05, 4.69) is 15.6 Å². The summed E-state index contributed by atoms with van der Waals surface area (Å²) in [6.07, 6.45) is 2.40. The number of rotatable bonds is 9. The second-order valence-corrected chi connectivity index (χ2v) is 5.14. The highest BCUT2D eigenvalue weighted by atomic mass is 16.6. The van der Waals surface area contributed by atoms with Crippen LogP contribution < -0.4 is 14.8 Å². The molecule has 8 nitrogen and oxygen atoms in total. The molecule has 0 saturated carbocycles. The summed E-state index contributed by atoms with van der Waals surface area (Å²) in [5.74, 6) is 1.84. The fourth-order valence-electron chi connectivity index (χ4n) is 1.89. The fraction of sp³-hybridized carbons (Fsp3) is 0.353. The normalized spacial score (nSPS) is 10.7. The van der Waals surface area contributed by atoms with Gasteiger partial charge in [-0.2, -0.15) is 0 Å². The number of aromatic nitrogens is 1. The molecule has 1 heterocycles. The monoisotopic (exact) mass is 347 g/mol. The van der Waals surface area contributed by atoms with Gasteiger partial charge in [-0.05, 0) is 31.5 Å². The summed E-state index contributed by atoms with van der Waals surface area (Å²) in [6, 6.07) is 7.00. The molecule has 0 aliphatic carbocycles. The Balaban J connectivity index is 1.83. The van der Waals surface area contributed by atoms with Crippen LogP contribution in [0.4, 0.5) is 5.82 Å². The van der Waals surface area contributed by atoms with Crippen LogP contribution in [0.2, 0.25) is 0 Å². The number of aryl methyl sites for hydroxylation is 1. The van der Waals surface area contributed by atoms with Gasteiger partial charge in [0.15, 0.2) is 23.9 Å². The topological polar surface area (TPSA) is 95.2 Å². The molecule has 25 heavy (non-hydrogen) atoms. The SMILES string of the molecule is CCCOc1ccc(/C=N\OCC(=O)Nc2cc(C)on2)cc1OC. The lowest BCUT2D eigenvalue weighted by atomic mass is 10.2. The third-order valence-electron chi connectivity index (χ3n) is 3.02. The average Bonchev–Trinajstić information content (AvgIpc) is 3.02. The van der Waals surface area contributed by atoms with E-state index in [1.807, 2.05) is 13.0 Å². The van der Waals surface area contributed by atoms with Gasteiger partial charge < -0.3 is 24.2 Å². The maximum Gasteiger partial charge on any atom is 0.266 e. The summed E-state index contributed by atoms with van der Waals surface area (Å²) in [5.41, 5.74) is 0.758. The van der Waals surface area contributed by atoms with Crippen molar-refractivity contribution in [1.29, 1.82) is 0 Å². The predicted molar refractivity (Wildman–Crippen MR) is 92.2 cm³/mol. The van der Waals surface area contributed by atoms with E-state index in [-0.39, 0.29) is 12.5 Å². The van der Waals surface area contributed by atoms with Crippen LogP contribution in [0.25, 0.3) is 0 Å². The summed E-state index contributed by atoms with van der Waals surface area (Å²) in [6.45, 7) is 4.14. The van der Waals surface area contributed by atoms with Gasteiger partial charge in [0.1, 0.15) is 5.76 Å². The summed E-state index contributed by atoms with van der Waals surface area (Å²) in [5, 5.41) is 9.95. The number of methoxy groups -OCH3 is 1. The van der Waals surface area contributed by atoms with E-state index in [0.717, 1.165) is 12.0 Å². The molecule has 1 aromatic heterocycles. The van der Waals surface area contributed by atoms with Crippen molar-refractivity contribution in [3.8, 4) is 11.5 Å².